The van der Waals surface area contributed by atoms with Crippen molar-refractivity contribution in [1.29, 1.82) is 5.26 Å². The van der Waals surface area contributed by atoms with Crippen LogP contribution in [-0.2, 0) is 13.6 Å². The van der Waals surface area contributed by atoms with E-state index in [1.807, 2.05) is 37.7 Å². The van der Waals surface area contributed by atoms with Gasteiger partial charge in [-0.15, -0.1) is 0 Å². The van der Waals surface area contributed by atoms with E-state index in [4.69, 9.17) is 5.26 Å². The van der Waals surface area contributed by atoms with Crippen molar-refractivity contribution in [3.05, 3.63) is 47.0 Å². The van der Waals surface area contributed by atoms with E-state index >= 15 is 0 Å². The molecular weight excluding hydrogens is 224 g/mol. The minimum absolute atomic E-state index is 0.687. The van der Waals surface area contributed by atoms with Crippen molar-refractivity contribution >= 4 is 5.69 Å². The summed E-state index contributed by atoms with van der Waals surface area (Å²) in [5.41, 5.74) is 5.06. The first-order chi connectivity index (χ1) is 8.61. The normalized spacial score (nSPS) is 10.1. The molecule has 2 aromatic rings. The molecule has 0 bridgehead atoms. The largest absolute Gasteiger partial charge is 0.380 e. The zero-order valence-corrected chi connectivity index (χ0v) is 10.9. The number of hydrogen-bond donors (Lipinski definition) is 1. The standard InChI is InChI=1S/C14H16N4/c1-10-4-13(9-16-7-10)17-8-12-5-14(6-15)18(3)11(12)2/h4-5,7,9,17H,8H2,1-3H3. The van der Waals surface area contributed by atoms with Crippen molar-refractivity contribution in [2.75, 3.05) is 5.32 Å². The molecule has 0 spiro atoms. The molecule has 0 aliphatic heterocycles. The third-order valence-electron chi connectivity index (χ3n) is 3.11. The topological polar surface area (TPSA) is 53.6 Å². The number of aromatic nitrogens is 2. The van der Waals surface area contributed by atoms with Gasteiger partial charge in [-0.1, -0.05) is 0 Å². The zero-order valence-electron chi connectivity index (χ0n) is 10.9. The molecule has 0 atom stereocenters. The zero-order chi connectivity index (χ0) is 13.1. The van der Waals surface area contributed by atoms with E-state index in [1.54, 1.807) is 6.20 Å². The Kier molecular flexibility index (Phi) is 3.33. The van der Waals surface area contributed by atoms with Crippen molar-refractivity contribution in [3.8, 4) is 6.07 Å². The van der Waals surface area contributed by atoms with Gasteiger partial charge in [-0.05, 0) is 37.1 Å². The number of nitriles is 1. The minimum Gasteiger partial charge on any atom is -0.380 e. The molecular formula is C14H16N4. The Balaban J connectivity index is 2.14. The number of nitrogens with zero attached hydrogens (tertiary/aromatic N) is 3. The molecule has 0 amide bonds. The average molecular weight is 240 g/mol. The molecule has 0 aromatic carbocycles. The Bertz CT molecular complexity index is 605. The van der Waals surface area contributed by atoms with Crippen molar-refractivity contribution in [1.82, 2.24) is 9.55 Å². The fourth-order valence-electron chi connectivity index (χ4n) is 1.90. The lowest BCUT2D eigenvalue weighted by Gasteiger charge is -2.06. The van der Waals surface area contributed by atoms with E-state index in [-0.39, 0.29) is 0 Å². The number of rotatable bonds is 3. The second-order valence-electron chi connectivity index (χ2n) is 4.42. The Hall–Kier alpha value is -2.28. The molecule has 2 aromatic heterocycles. The quantitative estimate of drug-likeness (QED) is 0.896. The fraction of sp³-hybridized carbons (Fsp3) is 0.286. The summed E-state index contributed by atoms with van der Waals surface area (Å²) in [4.78, 5) is 4.14. The van der Waals surface area contributed by atoms with E-state index in [9.17, 15) is 0 Å². The predicted molar refractivity (Wildman–Crippen MR) is 71.2 cm³/mol. The molecule has 4 heteroatoms. The molecule has 2 heterocycles. The summed E-state index contributed by atoms with van der Waals surface area (Å²) < 4.78 is 1.91. The van der Waals surface area contributed by atoms with Gasteiger partial charge in [0.1, 0.15) is 11.8 Å². The highest BCUT2D eigenvalue weighted by atomic mass is 15.0. The summed E-state index contributed by atoms with van der Waals surface area (Å²) >= 11 is 0. The van der Waals surface area contributed by atoms with E-state index in [0.29, 0.717) is 12.2 Å². The monoisotopic (exact) mass is 240 g/mol. The third-order valence-corrected chi connectivity index (χ3v) is 3.11. The predicted octanol–water partition coefficient (Wildman–Crippen LogP) is 2.52. The van der Waals surface area contributed by atoms with Crippen LogP contribution in [0.15, 0.2) is 24.5 Å². The van der Waals surface area contributed by atoms with Crippen molar-refractivity contribution < 1.29 is 0 Å². The maximum atomic E-state index is 8.98. The number of hydrogen-bond acceptors (Lipinski definition) is 3. The molecule has 0 radical (unpaired) electrons. The van der Waals surface area contributed by atoms with Crippen LogP contribution in [0.1, 0.15) is 22.5 Å². The first-order valence-corrected chi connectivity index (χ1v) is 5.82. The number of anilines is 1. The van der Waals surface area contributed by atoms with Gasteiger partial charge in [0.25, 0.3) is 0 Å². The van der Waals surface area contributed by atoms with E-state index < -0.39 is 0 Å². The summed E-state index contributed by atoms with van der Waals surface area (Å²) in [6.07, 6.45) is 3.63. The van der Waals surface area contributed by atoms with Gasteiger partial charge in [-0.2, -0.15) is 5.26 Å². The molecule has 0 saturated carbocycles. The lowest BCUT2D eigenvalue weighted by molar-refractivity contribution is 0.856. The molecule has 0 fully saturated rings. The van der Waals surface area contributed by atoms with Crippen LogP contribution in [0.25, 0.3) is 0 Å². The van der Waals surface area contributed by atoms with Crippen LogP contribution in [0.4, 0.5) is 5.69 Å². The van der Waals surface area contributed by atoms with Crippen molar-refractivity contribution in [2.24, 2.45) is 7.05 Å². The molecule has 4 nitrogen and oxygen atoms in total. The second kappa shape index (κ2) is 4.92. The first kappa shape index (κ1) is 12.2. The van der Waals surface area contributed by atoms with Gasteiger partial charge >= 0.3 is 0 Å². The Morgan fingerprint density at radius 3 is 2.72 bits per heavy atom. The van der Waals surface area contributed by atoms with Gasteiger partial charge in [0.05, 0.1) is 5.69 Å². The summed E-state index contributed by atoms with van der Waals surface area (Å²) in [5.74, 6) is 0. The number of pyridine rings is 1. The summed E-state index contributed by atoms with van der Waals surface area (Å²) in [5, 5.41) is 12.3. The van der Waals surface area contributed by atoms with Crippen LogP contribution in [0.5, 0.6) is 0 Å². The van der Waals surface area contributed by atoms with Crippen molar-refractivity contribution in [2.45, 2.75) is 20.4 Å². The molecule has 0 aliphatic carbocycles. The van der Waals surface area contributed by atoms with Crippen LogP contribution < -0.4 is 5.32 Å². The highest BCUT2D eigenvalue weighted by molar-refractivity contribution is 5.44. The van der Waals surface area contributed by atoms with Crippen LogP contribution in [-0.4, -0.2) is 9.55 Å². The molecule has 92 valence electrons. The first-order valence-electron chi connectivity index (χ1n) is 5.82. The summed E-state index contributed by atoms with van der Waals surface area (Å²) in [7, 11) is 1.91. The van der Waals surface area contributed by atoms with Crippen LogP contribution in [0.3, 0.4) is 0 Å². The smallest absolute Gasteiger partial charge is 0.120 e. The number of aryl methyl sites for hydroxylation is 1. The lowest BCUT2D eigenvalue weighted by Crippen LogP contribution is -2.02. The highest BCUT2D eigenvalue weighted by Crippen LogP contribution is 2.15. The van der Waals surface area contributed by atoms with Gasteiger partial charge in [0.15, 0.2) is 0 Å². The maximum absolute atomic E-state index is 8.98. The fourth-order valence-corrected chi connectivity index (χ4v) is 1.90. The van der Waals surface area contributed by atoms with Gasteiger partial charge in [0.2, 0.25) is 0 Å². The summed E-state index contributed by atoms with van der Waals surface area (Å²) in [6, 6.07) is 6.16. The van der Waals surface area contributed by atoms with Crippen LogP contribution >= 0.6 is 0 Å². The SMILES string of the molecule is Cc1cncc(NCc2cc(C#N)n(C)c2C)c1. The molecule has 2 rings (SSSR count). The van der Waals surface area contributed by atoms with Crippen molar-refractivity contribution in [3.63, 3.8) is 0 Å². The Labute approximate surface area is 107 Å². The van der Waals surface area contributed by atoms with Gasteiger partial charge in [-0.3, -0.25) is 4.98 Å². The van der Waals surface area contributed by atoms with E-state index in [2.05, 4.69) is 22.4 Å². The average Bonchev–Trinajstić information content (AvgIpc) is 2.64. The minimum atomic E-state index is 0.687. The summed E-state index contributed by atoms with van der Waals surface area (Å²) in [6.45, 7) is 4.73. The van der Waals surface area contributed by atoms with E-state index in [0.717, 1.165) is 22.5 Å². The third kappa shape index (κ3) is 2.35. The van der Waals surface area contributed by atoms with Gasteiger partial charge in [-0.25, -0.2) is 0 Å². The van der Waals surface area contributed by atoms with E-state index in [1.165, 1.54) is 0 Å². The number of nitrogens with one attached hydrogen (secondary N) is 1. The Morgan fingerprint density at radius 2 is 2.11 bits per heavy atom. The molecule has 0 aliphatic rings. The maximum Gasteiger partial charge on any atom is 0.120 e. The second-order valence-corrected chi connectivity index (χ2v) is 4.42. The Morgan fingerprint density at radius 1 is 1.33 bits per heavy atom. The highest BCUT2D eigenvalue weighted by Gasteiger charge is 2.08. The lowest BCUT2D eigenvalue weighted by atomic mass is 10.2. The van der Waals surface area contributed by atoms with Crippen LogP contribution in [0.2, 0.25) is 0 Å². The van der Waals surface area contributed by atoms with Gasteiger partial charge in [0, 0.05) is 31.7 Å². The molecule has 18 heavy (non-hydrogen) atoms. The molecule has 0 unspecified atom stereocenters. The molecule has 0 saturated heterocycles. The van der Waals surface area contributed by atoms with Gasteiger partial charge < -0.3 is 9.88 Å². The molecule has 1 N–H and O–H groups in total. The van der Waals surface area contributed by atoms with Crippen LogP contribution in [0, 0.1) is 25.2 Å².